The summed E-state index contributed by atoms with van der Waals surface area (Å²) in [7, 11) is 0. The van der Waals surface area contributed by atoms with Gasteiger partial charge in [-0.1, -0.05) is 24.3 Å². The van der Waals surface area contributed by atoms with E-state index in [0.717, 1.165) is 44.6 Å². The molecule has 7 nitrogen and oxygen atoms in total. The van der Waals surface area contributed by atoms with Gasteiger partial charge in [-0.05, 0) is 30.5 Å². The van der Waals surface area contributed by atoms with Crippen molar-refractivity contribution in [1.82, 2.24) is 15.5 Å². The highest BCUT2D eigenvalue weighted by Gasteiger charge is 2.14. The van der Waals surface area contributed by atoms with E-state index in [1.165, 1.54) is 0 Å². The Bertz CT molecular complexity index is 667. The van der Waals surface area contributed by atoms with E-state index in [1.54, 1.807) is 18.2 Å². The number of hydrogen-bond donors (Lipinski definition) is 3. The van der Waals surface area contributed by atoms with Gasteiger partial charge in [0, 0.05) is 38.2 Å². The molecule has 26 heavy (non-hydrogen) atoms. The van der Waals surface area contributed by atoms with Crippen molar-refractivity contribution in [3.8, 4) is 0 Å². The van der Waals surface area contributed by atoms with Crippen LogP contribution in [0.5, 0.6) is 0 Å². The van der Waals surface area contributed by atoms with Crippen LogP contribution in [-0.4, -0.2) is 60.5 Å². The van der Waals surface area contributed by atoms with Gasteiger partial charge < -0.3 is 20.6 Å². The minimum Gasteiger partial charge on any atom is -0.480 e. The molecule has 0 aromatic heterocycles. The molecule has 1 aromatic rings. The molecular weight excluding hydrogens is 334 g/mol. The molecule has 1 saturated heterocycles. The number of aliphatic carboxylic acids is 1. The van der Waals surface area contributed by atoms with Gasteiger partial charge in [0.1, 0.15) is 6.54 Å². The monoisotopic (exact) mass is 359 g/mol. The van der Waals surface area contributed by atoms with Gasteiger partial charge in [-0.25, -0.2) is 0 Å². The van der Waals surface area contributed by atoms with Crippen LogP contribution < -0.4 is 10.6 Å². The molecule has 1 aliphatic rings. The van der Waals surface area contributed by atoms with Crippen LogP contribution in [0.15, 0.2) is 30.3 Å². The largest absolute Gasteiger partial charge is 0.480 e. The molecule has 1 aromatic carbocycles. The summed E-state index contributed by atoms with van der Waals surface area (Å²) in [5.41, 5.74) is 1.28. The van der Waals surface area contributed by atoms with E-state index < -0.39 is 18.4 Å². The number of hydrogen-bond acceptors (Lipinski definition) is 4. The number of unbranched alkanes of at least 4 members (excludes halogenated alkanes) is 1. The van der Waals surface area contributed by atoms with E-state index in [-0.39, 0.29) is 5.91 Å². The highest BCUT2D eigenvalue weighted by atomic mass is 16.4. The smallest absolute Gasteiger partial charge is 0.322 e. The average molecular weight is 359 g/mol. The Balaban J connectivity index is 1.75. The highest BCUT2D eigenvalue weighted by molar-refractivity contribution is 5.96. The van der Waals surface area contributed by atoms with Crippen LogP contribution in [0.25, 0.3) is 6.08 Å². The second-order valence-corrected chi connectivity index (χ2v) is 6.13. The fourth-order valence-corrected chi connectivity index (χ4v) is 2.70. The molecule has 140 valence electrons. The van der Waals surface area contributed by atoms with Crippen molar-refractivity contribution >= 4 is 23.9 Å². The van der Waals surface area contributed by atoms with Crippen LogP contribution in [-0.2, 0) is 9.59 Å². The van der Waals surface area contributed by atoms with Crippen LogP contribution >= 0.6 is 0 Å². The van der Waals surface area contributed by atoms with E-state index in [4.69, 9.17) is 5.11 Å². The first-order chi connectivity index (χ1) is 12.6. The Hall–Kier alpha value is -2.67. The third-order valence-corrected chi connectivity index (χ3v) is 4.09. The lowest BCUT2D eigenvalue weighted by Gasteiger charge is -2.27. The summed E-state index contributed by atoms with van der Waals surface area (Å²) in [6.07, 6.45) is 6.01. The number of allylic oxidation sites excluding steroid dienone is 1. The maximum Gasteiger partial charge on any atom is 0.322 e. The number of rotatable bonds is 8. The third-order valence-electron chi connectivity index (χ3n) is 4.09. The van der Waals surface area contributed by atoms with Crippen molar-refractivity contribution in [3.05, 3.63) is 41.5 Å². The molecule has 1 heterocycles. The summed E-state index contributed by atoms with van der Waals surface area (Å²) < 4.78 is 0. The number of carboxylic acid groups (broad SMARTS) is 1. The number of carbonyl (C=O) groups is 3. The van der Waals surface area contributed by atoms with E-state index >= 15 is 0 Å². The van der Waals surface area contributed by atoms with Crippen molar-refractivity contribution in [2.24, 2.45) is 0 Å². The first-order valence-electron chi connectivity index (χ1n) is 8.81. The molecule has 0 aliphatic carbocycles. The summed E-state index contributed by atoms with van der Waals surface area (Å²) in [6, 6.07) is 6.97. The van der Waals surface area contributed by atoms with Crippen molar-refractivity contribution in [1.29, 1.82) is 0 Å². The molecule has 1 fully saturated rings. The summed E-state index contributed by atoms with van der Waals surface area (Å²) in [5, 5.41) is 14.2. The van der Waals surface area contributed by atoms with Crippen LogP contribution in [0.2, 0.25) is 0 Å². The predicted molar refractivity (Wildman–Crippen MR) is 98.7 cm³/mol. The highest BCUT2D eigenvalue weighted by Crippen LogP contribution is 2.09. The minimum absolute atomic E-state index is 0.206. The fourth-order valence-electron chi connectivity index (χ4n) is 2.70. The molecule has 1 aliphatic heterocycles. The maximum atomic E-state index is 12.0. The Labute approximate surface area is 153 Å². The molecule has 0 saturated carbocycles. The predicted octanol–water partition coefficient (Wildman–Crippen LogP) is 1.12. The molecule has 0 atom stereocenters. The first-order valence-corrected chi connectivity index (χ1v) is 8.81. The molecular formula is C19H25N3O4. The molecule has 2 rings (SSSR count). The van der Waals surface area contributed by atoms with Crippen LogP contribution in [0.4, 0.5) is 0 Å². The zero-order valence-corrected chi connectivity index (χ0v) is 14.7. The quantitative estimate of drug-likeness (QED) is 0.604. The maximum absolute atomic E-state index is 12.0. The van der Waals surface area contributed by atoms with Gasteiger partial charge in [0.05, 0.1) is 0 Å². The summed E-state index contributed by atoms with van der Waals surface area (Å²) in [6.45, 7) is 2.89. The standard InChI is InChI=1S/C19H25N3O4/c23-17(22-11-9-20-10-12-22)8-3-1-2-5-15-6-4-7-16(13-15)19(26)21-14-18(24)25/h2,4-7,13,20H,1,3,8-12,14H2,(H,21,26)(H,24,25)/b5-2-. The van der Waals surface area contributed by atoms with Gasteiger partial charge >= 0.3 is 5.97 Å². The summed E-state index contributed by atoms with van der Waals surface area (Å²) in [5.74, 6) is -1.29. The van der Waals surface area contributed by atoms with Gasteiger partial charge in [0.15, 0.2) is 0 Å². The van der Waals surface area contributed by atoms with E-state index in [0.29, 0.717) is 12.0 Å². The van der Waals surface area contributed by atoms with Gasteiger partial charge in [-0.2, -0.15) is 0 Å². The van der Waals surface area contributed by atoms with E-state index in [9.17, 15) is 14.4 Å². The number of piperazine rings is 1. The van der Waals surface area contributed by atoms with Crippen molar-refractivity contribution in [2.45, 2.75) is 19.3 Å². The van der Waals surface area contributed by atoms with Crippen molar-refractivity contribution in [3.63, 3.8) is 0 Å². The number of carbonyl (C=O) groups excluding carboxylic acids is 2. The van der Waals surface area contributed by atoms with Crippen LogP contribution in [0.1, 0.15) is 35.2 Å². The Morgan fingerprint density at radius 3 is 2.73 bits per heavy atom. The van der Waals surface area contributed by atoms with Gasteiger partial charge in [-0.3, -0.25) is 14.4 Å². The first kappa shape index (κ1) is 19.7. The molecule has 2 amide bonds. The fraction of sp³-hybridized carbons (Fsp3) is 0.421. The molecule has 0 unspecified atom stereocenters. The number of carboxylic acids is 1. The van der Waals surface area contributed by atoms with Crippen molar-refractivity contribution < 1.29 is 19.5 Å². The Kier molecular flexibility index (Phi) is 7.82. The van der Waals surface area contributed by atoms with Gasteiger partial charge in [0.25, 0.3) is 5.91 Å². The minimum atomic E-state index is -1.08. The summed E-state index contributed by atoms with van der Waals surface area (Å²) in [4.78, 5) is 36.3. The second-order valence-electron chi connectivity index (χ2n) is 6.13. The zero-order valence-electron chi connectivity index (χ0n) is 14.7. The Morgan fingerprint density at radius 2 is 2.00 bits per heavy atom. The topological polar surface area (TPSA) is 98.7 Å². The second kappa shape index (κ2) is 10.4. The molecule has 0 spiro atoms. The average Bonchev–Trinajstić information content (AvgIpc) is 2.66. The van der Waals surface area contributed by atoms with Crippen LogP contribution in [0, 0.1) is 0 Å². The lowest BCUT2D eigenvalue weighted by molar-refractivity contribution is -0.136. The summed E-state index contributed by atoms with van der Waals surface area (Å²) >= 11 is 0. The molecule has 0 radical (unpaired) electrons. The lowest BCUT2D eigenvalue weighted by Crippen LogP contribution is -2.46. The van der Waals surface area contributed by atoms with E-state index in [2.05, 4.69) is 10.6 Å². The normalized spacial score (nSPS) is 14.4. The van der Waals surface area contributed by atoms with Crippen molar-refractivity contribution in [2.75, 3.05) is 32.7 Å². The van der Waals surface area contributed by atoms with Gasteiger partial charge in [0.2, 0.25) is 5.91 Å². The molecule has 3 N–H and O–H groups in total. The zero-order chi connectivity index (χ0) is 18.8. The number of nitrogens with one attached hydrogen (secondary N) is 2. The molecule has 7 heteroatoms. The third kappa shape index (κ3) is 6.68. The SMILES string of the molecule is O=C(O)CNC(=O)c1cccc(/C=C\CCCC(=O)N2CCNCC2)c1. The van der Waals surface area contributed by atoms with Gasteiger partial charge in [-0.15, -0.1) is 0 Å². The van der Waals surface area contributed by atoms with E-state index in [1.807, 2.05) is 23.1 Å². The number of benzene rings is 1. The lowest BCUT2D eigenvalue weighted by atomic mass is 10.1. The number of amides is 2. The van der Waals surface area contributed by atoms with Crippen LogP contribution in [0.3, 0.4) is 0 Å². The molecule has 0 bridgehead atoms. The Morgan fingerprint density at radius 1 is 1.23 bits per heavy atom. The number of nitrogens with zero attached hydrogens (tertiary/aromatic N) is 1.